The summed E-state index contributed by atoms with van der Waals surface area (Å²) in [4.78, 5) is 4.07. The highest BCUT2D eigenvalue weighted by Gasteiger charge is 2.12. The summed E-state index contributed by atoms with van der Waals surface area (Å²) in [5.41, 5.74) is 4.46. The van der Waals surface area contributed by atoms with E-state index in [0.29, 0.717) is 0 Å². The molecule has 0 bridgehead atoms. The molecule has 1 heterocycles. The van der Waals surface area contributed by atoms with Gasteiger partial charge in [0.1, 0.15) is 11.5 Å². The predicted octanol–water partition coefficient (Wildman–Crippen LogP) is 3.38. The summed E-state index contributed by atoms with van der Waals surface area (Å²) in [6, 6.07) is 6.10. The van der Waals surface area contributed by atoms with Crippen LogP contribution in [0.4, 0.5) is 0 Å². The third kappa shape index (κ3) is 2.16. The van der Waals surface area contributed by atoms with E-state index in [-0.39, 0.29) is 0 Å². The highest BCUT2D eigenvalue weighted by molar-refractivity contribution is 5.76. The van der Waals surface area contributed by atoms with Crippen LogP contribution in [0.2, 0.25) is 0 Å². The van der Waals surface area contributed by atoms with Gasteiger partial charge in [0, 0.05) is 17.3 Å². The second-order valence-electron chi connectivity index (χ2n) is 4.21. The fourth-order valence-corrected chi connectivity index (χ4v) is 1.93. The Bertz CT molecular complexity index is 564. The predicted molar refractivity (Wildman–Crippen MR) is 72.3 cm³/mol. The smallest absolute Gasteiger partial charge is 0.145 e. The van der Waals surface area contributed by atoms with Gasteiger partial charge in [-0.15, -0.1) is 0 Å². The Morgan fingerprint density at radius 2 is 1.56 bits per heavy atom. The number of rotatable bonds is 3. The summed E-state index contributed by atoms with van der Waals surface area (Å²) in [5, 5.41) is 0. The number of hydrogen-bond donors (Lipinski definition) is 0. The summed E-state index contributed by atoms with van der Waals surface area (Å²) in [6.45, 7) is 4.16. The first-order valence-electron chi connectivity index (χ1n) is 5.81. The molecular weight excluding hydrogens is 226 g/mol. The lowest BCUT2D eigenvalue weighted by atomic mass is 9.99. The molecule has 2 rings (SSSR count). The first kappa shape index (κ1) is 12.4. The number of ether oxygens (including phenoxy) is 2. The molecule has 2 aromatic rings. The second-order valence-corrected chi connectivity index (χ2v) is 4.21. The van der Waals surface area contributed by atoms with Gasteiger partial charge in [-0.2, -0.15) is 0 Å². The van der Waals surface area contributed by atoms with Gasteiger partial charge in [0.15, 0.2) is 0 Å². The minimum Gasteiger partial charge on any atom is -0.496 e. The number of aromatic nitrogens is 1. The zero-order valence-corrected chi connectivity index (χ0v) is 11.2. The summed E-state index contributed by atoms with van der Waals surface area (Å²) < 4.78 is 10.8. The molecule has 0 aliphatic rings. The van der Waals surface area contributed by atoms with E-state index in [4.69, 9.17) is 9.47 Å². The third-order valence-electron chi connectivity index (χ3n) is 3.11. The molecule has 0 aliphatic heterocycles. The summed E-state index contributed by atoms with van der Waals surface area (Å²) in [7, 11) is 3.33. The van der Waals surface area contributed by atoms with Crippen molar-refractivity contribution in [2.75, 3.05) is 14.2 Å². The van der Waals surface area contributed by atoms with Crippen LogP contribution in [0.25, 0.3) is 11.1 Å². The van der Waals surface area contributed by atoms with Gasteiger partial charge in [-0.05, 0) is 43.2 Å². The van der Waals surface area contributed by atoms with Crippen molar-refractivity contribution in [2.24, 2.45) is 0 Å². The van der Waals surface area contributed by atoms with Crippen molar-refractivity contribution in [1.29, 1.82) is 0 Å². The fraction of sp³-hybridized carbons (Fsp3) is 0.267. The maximum atomic E-state index is 5.46. The average Bonchev–Trinajstić information content (AvgIpc) is 2.41. The molecule has 0 unspecified atom stereocenters. The zero-order valence-electron chi connectivity index (χ0n) is 11.2. The lowest BCUT2D eigenvalue weighted by Crippen LogP contribution is -1.94. The maximum absolute atomic E-state index is 5.46. The zero-order chi connectivity index (χ0) is 13.1. The number of methoxy groups -OCH3 is 2. The van der Waals surface area contributed by atoms with Crippen LogP contribution in [0.3, 0.4) is 0 Å². The lowest BCUT2D eigenvalue weighted by Gasteiger charge is -2.14. The highest BCUT2D eigenvalue weighted by Crippen LogP contribution is 2.37. The molecule has 0 fully saturated rings. The van der Waals surface area contributed by atoms with Crippen LogP contribution in [0.15, 0.2) is 30.6 Å². The molecule has 0 atom stereocenters. The first-order chi connectivity index (χ1) is 8.67. The SMILES string of the molecule is COc1cnccc1-c1cc(C)c(C)cc1OC. The average molecular weight is 243 g/mol. The maximum Gasteiger partial charge on any atom is 0.145 e. The van der Waals surface area contributed by atoms with Crippen molar-refractivity contribution in [1.82, 2.24) is 4.98 Å². The van der Waals surface area contributed by atoms with E-state index in [1.54, 1.807) is 26.6 Å². The highest BCUT2D eigenvalue weighted by atomic mass is 16.5. The van der Waals surface area contributed by atoms with Crippen LogP contribution in [0, 0.1) is 13.8 Å². The molecule has 0 aliphatic carbocycles. The van der Waals surface area contributed by atoms with Gasteiger partial charge in [0.25, 0.3) is 0 Å². The van der Waals surface area contributed by atoms with Crippen LogP contribution < -0.4 is 9.47 Å². The molecule has 3 heteroatoms. The summed E-state index contributed by atoms with van der Waals surface area (Å²) in [6.07, 6.45) is 3.47. The minimum absolute atomic E-state index is 0.749. The van der Waals surface area contributed by atoms with E-state index < -0.39 is 0 Å². The Kier molecular flexibility index (Phi) is 3.51. The van der Waals surface area contributed by atoms with Gasteiger partial charge in [0.05, 0.1) is 20.4 Å². The molecule has 18 heavy (non-hydrogen) atoms. The van der Waals surface area contributed by atoms with Gasteiger partial charge < -0.3 is 9.47 Å². The van der Waals surface area contributed by atoms with Crippen LogP contribution in [-0.2, 0) is 0 Å². The van der Waals surface area contributed by atoms with E-state index in [1.165, 1.54) is 11.1 Å². The molecule has 94 valence electrons. The number of benzene rings is 1. The number of hydrogen-bond acceptors (Lipinski definition) is 3. The molecule has 1 aromatic heterocycles. The first-order valence-corrected chi connectivity index (χ1v) is 5.81. The van der Waals surface area contributed by atoms with Crippen LogP contribution in [0.1, 0.15) is 11.1 Å². The van der Waals surface area contributed by atoms with Crippen molar-refractivity contribution < 1.29 is 9.47 Å². The molecule has 0 radical (unpaired) electrons. The number of pyridine rings is 1. The Morgan fingerprint density at radius 1 is 0.889 bits per heavy atom. The third-order valence-corrected chi connectivity index (χ3v) is 3.11. The summed E-state index contributed by atoms with van der Waals surface area (Å²) >= 11 is 0. The van der Waals surface area contributed by atoms with E-state index >= 15 is 0 Å². The van der Waals surface area contributed by atoms with E-state index in [0.717, 1.165) is 22.6 Å². The monoisotopic (exact) mass is 243 g/mol. The Hall–Kier alpha value is -2.03. The van der Waals surface area contributed by atoms with Gasteiger partial charge in [0.2, 0.25) is 0 Å². The Balaban J connectivity index is 2.66. The van der Waals surface area contributed by atoms with Crippen LogP contribution in [0.5, 0.6) is 11.5 Å². The second kappa shape index (κ2) is 5.08. The Morgan fingerprint density at radius 3 is 2.22 bits per heavy atom. The normalized spacial score (nSPS) is 10.2. The van der Waals surface area contributed by atoms with Gasteiger partial charge in [-0.25, -0.2) is 0 Å². The van der Waals surface area contributed by atoms with E-state index in [2.05, 4.69) is 24.9 Å². The van der Waals surface area contributed by atoms with Crippen molar-refractivity contribution in [3.05, 3.63) is 41.7 Å². The van der Waals surface area contributed by atoms with Crippen molar-refractivity contribution in [2.45, 2.75) is 13.8 Å². The largest absolute Gasteiger partial charge is 0.496 e. The molecule has 0 spiro atoms. The standard InChI is InChI=1S/C15H17NO2/c1-10-7-13(14(17-3)8-11(10)2)12-5-6-16-9-15(12)18-4/h5-9H,1-4H3. The number of nitrogens with zero attached hydrogens (tertiary/aromatic N) is 1. The van der Waals surface area contributed by atoms with E-state index in [9.17, 15) is 0 Å². The van der Waals surface area contributed by atoms with Crippen LogP contribution in [-0.4, -0.2) is 19.2 Å². The van der Waals surface area contributed by atoms with Gasteiger partial charge in [-0.3, -0.25) is 4.98 Å². The Labute approximate surface area is 107 Å². The lowest BCUT2D eigenvalue weighted by molar-refractivity contribution is 0.409. The molecular formula is C15H17NO2. The molecule has 0 saturated carbocycles. The van der Waals surface area contributed by atoms with Gasteiger partial charge in [-0.1, -0.05) is 0 Å². The van der Waals surface area contributed by atoms with E-state index in [1.807, 2.05) is 12.1 Å². The topological polar surface area (TPSA) is 31.4 Å². The number of aryl methyl sites for hydroxylation is 2. The van der Waals surface area contributed by atoms with Crippen molar-refractivity contribution in [3.8, 4) is 22.6 Å². The fourth-order valence-electron chi connectivity index (χ4n) is 1.93. The van der Waals surface area contributed by atoms with Crippen molar-refractivity contribution >= 4 is 0 Å². The molecule has 0 N–H and O–H groups in total. The van der Waals surface area contributed by atoms with Crippen LogP contribution >= 0.6 is 0 Å². The van der Waals surface area contributed by atoms with Crippen molar-refractivity contribution in [3.63, 3.8) is 0 Å². The molecule has 0 amide bonds. The van der Waals surface area contributed by atoms with Gasteiger partial charge >= 0.3 is 0 Å². The minimum atomic E-state index is 0.749. The molecule has 3 nitrogen and oxygen atoms in total. The molecule has 0 saturated heterocycles. The quantitative estimate of drug-likeness (QED) is 0.828. The summed E-state index contributed by atoms with van der Waals surface area (Å²) in [5.74, 6) is 1.60. The molecule has 1 aromatic carbocycles.